The van der Waals surface area contributed by atoms with Crippen LogP contribution in [0.1, 0.15) is 30.9 Å². The summed E-state index contributed by atoms with van der Waals surface area (Å²) in [5.74, 6) is 1.24. The first-order valence-corrected chi connectivity index (χ1v) is 9.04. The van der Waals surface area contributed by atoms with Crippen LogP contribution in [0.2, 0.25) is 0 Å². The highest BCUT2D eigenvalue weighted by Gasteiger charge is 2.27. The summed E-state index contributed by atoms with van der Waals surface area (Å²) in [7, 11) is 3.91. The van der Waals surface area contributed by atoms with Crippen molar-refractivity contribution in [1.29, 1.82) is 0 Å². The Morgan fingerprint density at radius 1 is 1.12 bits per heavy atom. The molecule has 0 aliphatic carbocycles. The molecule has 3 rings (SSSR count). The van der Waals surface area contributed by atoms with Gasteiger partial charge in [0.1, 0.15) is 5.75 Å². The van der Waals surface area contributed by atoms with Gasteiger partial charge in [0.05, 0.1) is 7.11 Å². The Bertz CT molecular complexity index is 595. The van der Waals surface area contributed by atoms with Crippen molar-refractivity contribution >= 4 is 11.6 Å². The number of anilines is 1. The maximum absolute atomic E-state index is 12.4. The van der Waals surface area contributed by atoms with Crippen LogP contribution in [-0.2, 0) is 17.8 Å². The van der Waals surface area contributed by atoms with Crippen molar-refractivity contribution in [3.05, 3.63) is 23.3 Å². The molecule has 2 aliphatic rings. The van der Waals surface area contributed by atoms with E-state index in [9.17, 15) is 4.79 Å². The van der Waals surface area contributed by atoms with Gasteiger partial charge in [0.25, 0.3) is 0 Å². The Balaban J connectivity index is 1.90. The van der Waals surface area contributed by atoms with E-state index in [0.717, 1.165) is 51.3 Å². The van der Waals surface area contributed by atoms with Gasteiger partial charge in [0, 0.05) is 62.5 Å². The highest BCUT2D eigenvalue weighted by Crippen LogP contribution is 2.36. The van der Waals surface area contributed by atoms with Crippen LogP contribution in [0.15, 0.2) is 12.1 Å². The van der Waals surface area contributed by atoms with Gasteiger partial charge in [-0.25, -0.2) is 0 Å². The summed E-state index contributed by atoms with van der Waals surface area (Å²) in [5.41, 5.74) is 3.86. The normalized spacial score (nSPS) is 18.5. The lowest BCUT2D eigenvalue weighted by molar-refractivity contribution is -0.132. The number of ether oxygens (including phenoxy) is 1. The van der Waals surface area contributed by atoms with Crippen molar-refractivity contribution < 1.29 is 9.53 Å². The number of piperazine rings is 1. The van der Waals surface area contributed by atoms with E-state index in [4.69, 9.17) is 4.74 Å². The monoisotopic (exact) mass is 331 g/mol. The van der Waals surface area contributed by atoms with E-state index in [1.165, 1.54) is 16.8 Å². The number of nitrogens with zero attached hydrogens (tertiary/aromatic N) is 3. The van der Waals surface area contributed by atoms with Crippen molar-refractivity contribution in [3.8, 4) is 5.75 Å². The third-order valence-corrected chi connectivity index (χ3v) is 5.22. The number of methoxy groups -OCH3 is 1. The molecule has 2 heterocycles. The van der Waals surface area contributed by atoms with Crippen molar-refractivity contribution in [1.82, 2.24) is 9.80 Å². The maximum Gasteiger partial charge on any atom is 0.222 e. The van der Waals surface area contributed by atoms with Gasteiger partial charge in [-0.1, -0.05) is 6.92 Å². The molecule has 0 N–H and O–H groups in total. The second kappa shape index (κ2) is 7.43. The zero-order chi connectivity index (χ0) is 17.1. The molecule has 5 heteroatoms. The van der Waals surface area contributed by atoms with Crippen molar-refractivity contribution in [3.63, 3.8) is 0 Å². The minimum Gasteiger partial charge on any atom is -0.496 e. The molecule has 0 unspecified atom stereocenters. The van der Waals surface area contributed by atoms with Gasteiger partial charge in [-0.15, -0.1) is 0 Å². The Morgan fingerprint density at radius 3 is 2.54 bits per heavy atom. The minimum atomic E-state index is 0.273. The number of hydrogen-bond donors (Lipinski definition) is 0. The molecule has 0 radical (unpaired) electrons. The van der Waals surface area contributed by atoms with Gasteiger partial charge in [-0.2, -0.15) is 0 Å². The van der Waals surface area contributed by atoms with Crippen LogP contribution in [0.5, 0.6) is 5.75 Å². The molecule has 24 heavy (non-hydrogen) atoms. The van der Waals surface area contributed by atoms with Gasteiger partial charge in [0.2, 0.25) is 5.91 Å². The largest absolute Gasteiger partial charge is 0.496 e. The number of carbonyl (C=O) groups excluding carboxylic acids is 1. The molecule has 2 aliphatic heterocycles. The molecule has 0 saturated carbocycles. The summed E-state index contributed by atoms with van der Waals surface area (Å²) in [5, 5.41) is 0. The van der Waals surface area contributed by atoms with Crippen LogP contribution in [0.3, 0.4) is 0 Å². The zero-order valence-corrected chi connectivity index (χ0v) is 15.2. The van der Waals surface area contributed by atoms with E-state index in [1.54, 1.807) is 7.11 Å². The number of hydrogen-bond acceptors (Lipinski definition) is 4. The number of amides is 1. The third kappa shape index (κ3) is 3.36. The fourth-order valence-corrected chi connectivity index (χ4v) is 3.75. The molecule has 1 amide bonds. The lowest BCUT2D eigenvalue weighted by atomic mass is 9.95. The molecule has 1 aromatic carbocycles. The quantitative estimate of drug-likeness (QED) is 0.847. The van der Waals surface area contributed by atoms with Gasteiger partial charge < -0.3 is 19.4 Å². The van der Waals surface area contributed by atoms with Gasteiger partial charge in [-0.3, -0.25) is 4.79 Å². The number of likely N-dealkylation sites (N-methyl/N-ethyl adjacent to an activating group) is 1. The van der Waals surface area contributed by atoms with E-state index >= 15 is 0 Å². The lowest BCUT2D eigenvalue weighted by Gasteiger charge is -2.38. The van der Waals surface area contributed by atoms with Gasteiger partial charge in [0.15, 0.2) is 0 Å². The van der Waals surface area contributed by atoms with Crippen molar-refractivity contribution in [2.75, 3.05) is 51.8 Å². The summed E-state index contributed by atoms with van der Waals surface area (Å²) < 4.78 is 5.59. The summed E-state index contributed by atoms with van der Waals surface area (Å²) in [4.78, 5) is 19.2. The molecular weight excluding hydrogens is 302 g/mol. The number of fused-ring (bicyclic) bond motifs is 1. The third-order valence-electron chi connectivity index (χ3n) is 5.22. The zero-order valence-electron chi connectivity index (χ0n) is 15.2. The standard InChI is InChI=1S/C19H29N3O2/c1-4-5-19(23)22-9-8-15-16(14-22)17(6-7-18(15)24-3)21-12-10-20(2)11-13-21/h6-7H,4-5,8-14H2,1-3H3. The first kappa shape index (κ1) is 17.1. The average Bonchev–Trinajstić information content (AvgIpc) is 2.61. The van der Waals surface area contributed by atoms with Crippen LogP contribution >= 0.6 is 0 Å². The van der Waals surface area contributed by atoms with Crippen molar-refractivity contribution in [2.45, 2.75) is 32.7 Å². The maximum atomic E-state index is 12.4. The summed E-state index contributed by atoms with van der Waals surface area (Å²) in [6.45, 7) is 7.82. The van der Waals surface area contributed by atoms with Gasteiger partial charge in [-0.05, 0) is 32.0 Å². The van der Waals surface area contributed by atoms with Gasteiger partial charge >= 0.3 is 0 Å². The molecule has 0 atom stereocenters. The van der Waals surface area contributed by atoms with Crippen LogP contribution in [-0.4, -0.2) is 62.6 Å². The molecular formula is C19H29N3O2. The lowest BCUT2D eigenvalue weighted by Crippen LogP contribution is -2.45. The van der Waals surface area contributed by atoms with E-state index < -0.39 is 0 Å². The minimum absolute atomic E-state index is 0.273. The van der Waals surface area contributed by atoms with E-state index in [0.29, 0.717) is 13.0 Å². The Morgan fingerprint density at radius 2 is 1.88 bits per heavy atom. The first-order chi connectivity index (χ1) is 11.6. The molecule has 1 saturated heterocycles. The van der Waals surface area contributed by atoms with Crippen LogP contribution in [0, 0.1) is 0 Å². The summed E-state index contributed by atoms with van der Waals surface area (Å²) in [6, 6.07) is 4.27. The fourth-order valence-electron chi connectivity index (χ4n) is 3.75. The molecule has 1 fully saturated rings. The Kier molecular flexibility index (Phi) is 5.29. The predicted molar refractivity (Wildman–Crippen MR) is 96.7 cm³/mol. The molecule has 0 spiro atoms. The predicted octanol–water partition coefficient (Wildman–Crippen LogP) is 2.13. The molecule has 0 bridgehead atoms. The van der Waals surface area contributed by atoms with E-state index in [2.05, 4.69) is 35.9 Å². The molecule has 1 aromatic rings. The summed E-state index contributed by atoms with van der Waals surface area (Å²) in [6.07, 6.45) is 2.43. The second-order valence-electron chi connectivity index (χ2n) is 6.85. The average molecular weight is 331 g/mol. The SMILES string of the molecule is CCCC(=O)N1CCc2c(OC)ccc(N3CCN(C)CC3)c2C1. The Labute approximate surface area is 145 Å². The highest BCUT2D eigenvalue weighted by atomic mass is 16.5. The topological polar surface area (TPSA) is 36.0 Å². The smallest absolute Gasteiger partial charge is 0.222 e. The number of carbonyl (C=O) groups is 1. The van der Waals surface area contributed by atoms with Crippen molar-refractivity contribution in [2.24, 2.45) is 0 Å². The molecule has 0 aromatic heterocycles. The number of benzene rings is 1. The molecule has 132 valence electrons. The number of rotatable bonds is 4. The van der Waals surface area contributed by atoms with Crippen LogP contribution < -0.4 is 9.64 Å². The molecule has 5 nitrogen and oxygen atoms in total. The fraction of sp³-hybridized carbons (Fsp3) is 0.632. The van der Waals surface area contributed by atoms with E-state index in [1.807, 2.05) is 4.90 Å². The van der Waals surface area contributed by atoms with Crippen LogP contribution in [0.4, 0.5) is 5.69 Å². The van der Waals surface area contributed by atoms with Crippen LogP contribution in [0.25, 0.3) is 0 Å². The van der Waals surface area contributed by atoms with E-state index in [-0.39, 0.29) is 5.91 Å². The summed E-state index contributed by atoms with van der Waals surface area (Å²) >= 11 is 0. The highest BCUT2D eigenvalue weighted by molar-refractivity contribution is 5.77. The second-order valence-corrected chi connectivity index (χ2v) is 6.85. The Hall–Kier alpha value is -1.75. The first-order valence-electron chi connectivity index (χ1n) is 9.04.